The molecule has 0 spiro atoms. The van der Waals surface area contributed by atoms with Crippen LogP contribution in [0.1, 0.15) is 22.8 Å². The van der Waals surface area contributed by atoms with Crippen molar-refractivity contribution in [3.8, 4) is 5.75 Å². The zero-order valence-electron chi connectivity index (χ0n) is 15.3. The van der Waals surface area contributed by atoms with Crippen LogP contribution in [0.2, 0.25) is 0 Å². The second kappa shape index (κ2) is 9.20. The van der Waals surface area contributed by atoms with E-state index in [2.05, 4.69) is 29.2 Å². The summed E-state index contributed by atoms with van der Waals surface area (Å²) in [4.78, 5) is 17.1. The van der Waals surface area contributed by atoms with Gasteiger partial charge in [-0.15, -0.1) is 0 Å². The lowest BCUT2D eigenvalue weighted by Crippen LogP contribution is -2.48. The van der Waals surface area contributed by atoms with E-state index in [1.807, 2.05) is 54.3 Å². The van der Waals surface area contributed by atoms with Crippen molar-refractivity contribution in [3.05, 3.63) is 71.8 Å². The molecule has 26 heavy (non-hydrogen) atoms. The third kappa shape index (κ3) is 4.73. The second-order valence-electron chi connectivity index (χ2n) is 6.34. The van der Waals surface area contributed by atoms with Gasteiger partial charge in [-0.1, -0.05) is 54.6 Å². The SMILES string of the molecule is CCOc1ccccc1C(=O)N1CCN(C/C=C/c2ccccc2)CC1. The maximum Gasteiger partial charge on any atom is 0.257 e. The number of hydrogen-bond donors (Lipinski definition) is 0. The summed E-state index contributed by atoms with van der Waals surface area (Å²) >= 11 is 0. The summed E-state index contributed by atoms with van der Waals surface area (Å²) in [6, 6.07) is 17.8. The summed E-state index contributed by atoms with van der Waals surface area (Å²) in [5.41, 5.74) is 1.88. The van der Waals surface area contributed by atoms with Gasteiger partial charge in [0.15, 0.2) is 0 Å². The van der Waals surface area contributed by atoms with Gasteiger partial charge in [0.1, 0.15) is 5.75 Å². The third-order valence-corrected chi connectivity index (χ3v) is 4.55. The van der Waals surface area contributed by atoms with Crippen LogP contribution in [0.3, 0.4) is 0 Å². The standard InChI is InChI=1S/C22H26N2O2/c1-2-26-21-13-7-6-12-20(21)22(25)24-17-15-23(16-18-24)14-8-11-19-9-4-3-5-10-19/h3-13H,2,14-18H2,1H3/b11-8+. The smallest absolute Gasteiger partial charge is 0.257 e. The van der Waals surface area contributed by atoms with Crippen molar-refractivity contribution in [2.75, 3.05) is 39.3 Å². The summed E-state index contributed by atoms with van der Waals surface area (Å²) in [5, 5.41) is 0. The van der Waals surface area contributed by atoms with E-state index in [0.717, 1.165) is 32.7 Å². The molecule has 2 aromatic carbocycles. The first-order valence-corrected chi connectivity index (χ1v) is 9.23. The number of para-hydroxylation sites is 1. The van der Waals surface area contributed by atoms with E-state index in [4.69, 9.17) is 4.74 Å². The Morgan fingerprint density at radius 3 is 2.42 bits per heavy atom. The highest BCUT2D eigenvalue weighted by molar-refractivity contribution is 5.97. The van der Waals surface area contributed by atoms with Crippen molar-refractivity contribution in [1.82, 2.24) is 9.80 Å². The van der Waals surface area contributed by atoms with Crippen LogP contribution < -0.4 is 4.74 Å². The van der Waals surface area contributed by atoms with Gasteiger partial charge in [-0.3, -0.25) is 9.69 Å². The van der Waals surface area contributed by atoms with Crippen LogP contribution >= 0.6 is 0 Å². The number of hydrogen-bond acceptors (Lipinski definition) is 3. The van der Waals surface area contributed by atoms with Gasteiger partial charge in [-0.2, -0.15) is 0 Å². The Balaban J connectivity index is 1.52. The molecule has 1 fully saturated rings. The fraction of sp³-hybridized carbons (Fsp3) is 0.318. The Hall–Kier alpha value is -2.59. The summed E-state index contributed by atoms with van der Waals surface area (Å²) < 4.78 is 5.60. The Bertz CT molecular complexity index is 735. The molecule has 0 N–H and O–H groups in total. The van der Waals surface area contributed by atoms with Crippen molar-refractivity contribution in [3.63, 3.8) is 0 Å². The number of carbonyl (C=O) groups excluding carboxylic acids is 1. The van der Waals surface area contributed by atoms with Crippen LogP contribution in [-0.4, -0.2) is 55.0 Å². The van der Waals surface area contributed by atoms with E-state index in [0.29, 0.717) is 17.9 Å². The largest absolute Gasteiger partial charge is 0.493 e. The van der Waals surface area contributed by atoms with Crippen LogP contribution in [0, 0.1) is 0 Å². The molecule has 1 saturated heterocycles. The number of carbonyl (C=O) groups is 1. The summed E-state index contributed by atoms with van der Waals surface area (Å²) in [5.74, 6) is 0.738. The molecular weight excluding hydrogens is 324 g/mol. The lowest BCUT2D eigenvalue weighted by Gasteiger charge is -2.34. The van der Waals surface area contributed by atoms with E-state index in [1.54, 1.807) is 0 Å². The number of piperazine rings is 1. The normalized spacial score (nSPS) is 15.3. The van der Waals surface area contributed by atoms with Gasteiger partial charge >= 0.3 is 0 Å². The predicted octanol–water partition coefficient (Wildman–Crippen LogP) is 3.56. The van der Waals surface area contributed by atoms with Gasteiger partial charge in [0, 0.05) is 32.7 Å². The molecule has 136 valence electrons. The molecule has 0 saturated carbocycles. The molecule has 0 aliphatic carbocycles. The molecular formula is C22H26N2O2. The molecule has 0 unspecified atom stereocenters. The molecule has 4 heteroatoms. The lowest BCUT2D eigenvalue weighted by molar-refractivity contribution is 0.0646. The predicted molar refractivity (Wildman–Crippen MR) is 105 cm³/mol. The Morgan fingerprint density at radius 1 is 1.00 bits per heavy atom. The number of ether oxygens (including phenoxy) is 1. The van der Waals surface area contributed by atoms with Gasteiger partial charge in [-0.25, -0.2) is 0 Å². The van der Waals surface area contributed by atoms with Gasteiger partial charge in [-0.05, 0) is 24.6 Å². The first-order valence-electron chi connectivity index (χ1n) is 9.23. The van der Waals surface area contributed by atoms with Crippen LogP contribution in [0.25, 0.3) is 6.08 Å². The van der Waals surface area contributed by atoms with Crippen LogP contribution in [0.15, 0.2) is 60.7 Å². The van der Waals surface area contributed by atoms with Crippen molar-refractivity contribution in [1.29, 1.82) is 0 Å². The maximum atomic E-state index is 12.8. The number of benzene rings is 2. The summed E-state index contributed by atoms with van der Waals surface area (Å²) in [7, 11) is 0. The second-order valence-corrected chi connectivity index (χ2v) is 6.34. The molecule has 0 bridgehead atoms. The average Bonchev–Trinajstić information content (AvgIpc) is 2.70. The van der Waals surface area contributed by atoms with E-state index < -0.39 is 0 Å². The minimum atomic E-state index is 0.0635. The minimum Gasteiger partial charge on any atom is -0.493 e. The molecule has 1 heterocycles. The minimum absolute atomic E-state index is 0.0635. The number of amides is 1. The molecule has 1 amide bonds. The van der Waals surface area contributed by atoms with Gasteiger partial charge in [0.05, 0.1) is 12.2 Å². The van der Waals surface area contributed by atoms with Crippen molar-refractivity contribution >= 4 is 12.0 Å². The number of nitrogens with zero attached hydrogens (tertiary/aromatic N) is 2. The van der Waals surface area contributed by atoms with Gasteiger partial charge in [0.2, 0.25) is 0 Å². The first kappa shape index (κ1) is 18.2. The van der Waals surface area contributed by atoms with E-state index in [-0.39, 0.29) is 5.91 Å². The van der Waals surface area contributed by atoms with Crippen LogP contribution in [0.5, 0.6) is 5.75 Å². The van der Waals surface area contributed by atoms with Gasteiger partial charge < -0.3 is 9.64 Å². The summed E-state index contributed by atoms with van der Waals surface area (Å²) in [6.07, 6.45) is 4.34. The highest BCUT2D eigenvalue weighted by atomic mass is 16.5. The summed E-state index contributed by atoms with van der Waals surface area (Å²) in [6.45, 7) is 6.68. The maximum absolute atomic E-state index is 12.8. The highest BCUT2D eigenvalue weighted by Gasteiger charge is 2.23. The van der Waals surface area contributed by atoms with Crippen LogP contribution in [0.4, 0.5) is 0 Å². The molecule has 0 radical (unpaired) electrons. The molecule has 3 rings (SSSR count). The average molecular weight is 350 g/mol. The third-order valence-electron chi connectivity index (χ3n) is 4.55. The van der Waals surface area contributed by atoms with Crippen molar-refractivity contribution in [2.45, 2.75) is 6.92 Å². The monoisotopic (exact) mass is 350 g/mol. The molecule has 1 aliphatic heterocycles. The fourth-order valence-electron chi connectivity index (χ4n) is 3.13. The van der Waals surface area contributed by atoms with E-state index in [9.17, 15) is 4.79 Å². The first-order chi connectivity index (χ1) is 12.8. The molecule has 1 aliphatic rings. The Kier molecular flexibility index (Phi) is 6.45. The van der Waals surface area contributed by atoms with Crippen molar-refractivity contribution < 1.29 is 9.53 Å². The topological polar surface area (TPSA) is 32.8 Å². The Labute approximate surface area is 155 Å². The zero-order valence-corrected chi connectivity index (χ0v) is 15.3. The molecule has 4 nitrogen and oxygen atoms in total. The van der Waals surface area contributed by atoms with E-state index in [1.165, 1.54) is 5.56 Å². The van der Waals surface area contributed by atoms with E-state index >= 15 is 0 Å². The van der Waals surface area contributed by atoms with Crippen LogP contribution in [-0.2, 0) is 0 Å². The molecule has 0 aromatic heterocycles. The van der Waals surface area contributed by atoms with Crippen molar-refractivity contribution in [2.24, 2.45) is 0 Å². The quantitative estimate of drug-likeness (QED) is 0.799. The molecule has 0 atom stereocenters. The lowest BCUT2D eigenvalue weighted by atomic mass is 10.1. The molecule has 2 aromatic rings. The zero-order chi connectivity index (χ0) is 18.2. The highest BCUT2D eigenvalue weighted by Crippen LogP contribution is 2.20. The number of rotatable bonds is 6. The fourth-order valence-corrected chi connectivity index (χ4v) is 3.13. The van der Waals surface area contributed by atoms with Gasteiger partial charge in [0.25, 0.3) is 5.91 Å². The Morgan fingerprint density at radius 2 is 1.69 bits per heavy atom.